The lowest BCUT2D eigenvalue weighted by atomic mass is 9.96. The Hall–Kier alpha value is -1.20. The highest BCUT2D eigenvalue weighted by Crippen LogP contribution is 2.30. The topological polar surface area (TPSA) is 44.7 Å². The van der Waals surface area contributed by atoms with Crippen molar-refractivity contribution < 1.29 is 4.79 Å². The van der Waals surface area contributed by atoms with Gasteiger partial charge in [-0.1, -0.05) is 69.8 Å². The first kappa shape index (κ1) is 26.1. The summed E-state index contributed by atoms with van der Waals surface area (Å²) >= 11 is 1.86. The number of aryl methyl sites for hydroxylation is 1. The molecule has 3 rings (SSSR count). The van der Waals surface area contributed by atoms with Gasteiger partial charge in [-0.3, -0.25) is 9.79 Å². The highest BCUT2D eigenvalue weighted by Gasteiger charge is 2.32. The third-order valence-electron chi connectivity index (χ3n) is 6.19. The number of amides is 1. The van der Waals surface area contributed by atoms with E-state index in [0.717, 1.165) is 30.8 Å². The van der Waals surface area contributed by atoms with Crippen molar-refractivity contribution in [1.29, 1.82) is 0 Å². The number of thioether (sulfide) groups is 1. The maximum atomic E-state index is 12.8. The van der Waals surface area contributed by atoms with Crippen molar-refractivity contribution in [3.63, 3.8) is 0 Å². The molecule has 1 saturated carbocycles. The molecule has 1 amide bonds. The molecular weight excluding hydrogens is 426 g/mol. The molecule has 4 nitrogen and oxygen atoms in total. The lowest BCUT2D eigenvalue weighted by Gasteiger charge is -2.27. The Bertz CT molecular complexity index is 689. The Balaban J connectivity index is 0.00000341. The summed E-state index contributed by atoms with van der Waals surface area (Å²) in [4.78, 5) is 20.3. The Morgan fingerprint density at radius 1 is 1.10 bits per heavy atom. The van der Waals surface area contributed by atoms with Crippen LogP contribution in [0.25, 0.3) is 0 Å². The third-order valence-corrected chi connectivity index (χ3v) is 7.34. The molecule has 0 aromatic heterocycles. The van der Waals surface area contributed by atoms with Gasteiger partial charge in [0.2, 0.25) is 5.91 Å². The Morgan fingerprint density at radius 3 is 2.48 bits per heavy atom. The molecule has 2 fully saturated rings. The molecule has 2 aliphatic rings. The molecule has 0 bridgehead atoms. The van der Waals surface area contributed by atoms with Gasteiger partial charge in [0.05, 0.1) is 6.04 Å². The average molecular weight is 466 g/mol. The van der Waals surface area contributed by atoms with Crippen molar-refractivity contribution in [2.45, 2.75) is 96.6 Å². The number of nitrogens with one attached hydrogen (secondary N) is 1. The van der Waals surface area contributed by atoms with Crippen molar-refractivity contribution in [2.75, 3.05) is 17.6 Å². The molecule has 1 unspecified atom stereocenters. The highest BCUT2D eigenvalue weighted by atomic mass is 35.5. The minimum Gasteiger partial charge on any atom is -0.347 e. The third kappa shape index (κ3) is 8.34. The van der Waals surface area contributed by atoms with Crippen molar-refractivity contribution in [1.82, 2.24) is 4.90 Å². The number of hydrogen-bond acceptors (Lipinski definition) is 3. The van der Waals surface area contributed by atoms with Gasteiger partial charge in [-0.2, -0.15) is 0 Å². The summed E-state index contributed by atoms with van der Waals surface area (Å²) < 4.78 is 0. The number of benzene rings is 1. The fourth-order valence-electron chi connectivity index (χ4n) is 4.32. The largest absolute Gasteiger partial charge is 0.347 e. The molecule has 31 heavy (non-hydrogen) atoms. The van der Waals surface area contributed by atoms with E-state index in [-0.39, 0.29) is 24.4 Å². The molecule has 0 radical (unpaired) electrons. The predicted octanol–water partition coefficient (Wildman–Crippen LogP) is 6.69. The van der Waals surface area contributed by atoms with Crippen LogP contribution < -0.4 is 5.32 Å². The number of aliphatic imine (C=N–C) groups is 1. The maximum absolute atomic E-state index is 12.8. The monoisotopic (exact) mass is 465 g/mol. The van der Waals surface area contributed by atoms with Crippen molar-refractivity contribution in [3.8, 4) is 0 Å². The van der Waals surface area contributed by atoms with Gasteiger partial charge in [0, 0.05) is 30.4 Å². The Labute approximate surface area is 199 Å². The van der Waals surface area contributed by atoms with Crippen LogP contribution in [0.4, 0.5) is 5.69 Å². The molecule has 6 heteroatoms. The van der Waals surface area contributed by atoms with Gasteiger partial charge in [0.15, 0.2) is 5.17 Å². The van der Waals surface area contributed by atoms with Crippen LogP contribution in [-0.2, 0) is 11.2 Å². The number of rotatable bonds is 10. The molecule has 1 N–H and O–H groups in total. The van der Waals surface area contributed by atoms with Gasteiger partial charge >= 0.3 is 0 Å². The lowest BCUT2D eigenvalue weighted by Crippen LogP contribution is -2.38. The molecule has 174 valence electrons. The molecule has 1 aliphatic carbocycles. The first-order chi connectivity index (χ1) is 14.7. The predicted molar refractivity (Wildman–Crippen MR) is 138 cm³/mol. The molecule has 1 aromatic carbocycles. The molecule has 1 saturated heterocycles. The summed E-state index contributed by atoms with van der Waals surface area (Å²) in [6, 6.07) is 9.10. The van der Waals surface area contributed by atoms with Gasteiger partial charge in [0.25, 0.3) is 0 Å². The van der Waals surface area contributed by atoms with E-state index in [4.69, 9.17) is 4.99 Å². The number of hydrogen-bond donors (Lipinski definition) is 1. The second-order valence-corrected chi connectivity index (χ2v) is 9.76. The maximum Gasteiger partial charge on any atom is 0.226 e. The lowest BCUT2D eigenvalue weighted by molar-refractivity contribution is -0.116. The summed E-state index contributed by atoms with van der Waals surface area (Å²) in [7, 11) is 0. The number of unbranched alkanes of at least 4 members (excludes halogenated alkanes) is 2. The Morgan fingerprint density at radius 2 is 1.81 bits per heavy atom. The first-order valence-electron chi connectivity index (χ1n) is 12.1. The van der Waals surface area contributed by atoms with Crippen molar-refractivity contribution in [3.05, 3.63) is 29.8 Å². The van der Waals surface area contributed by atoms with Gasteiger partial charge in [0.1, 0.15) is 0 Å². The number of nitrogens with zero attached hydrogens (tertiary/aromatic N) is 2. The van der Waals surface area contributed by atoms with Crippen molar-refractivity contribution >= 4 is 40.9 Å². The summed E-state index contributed by atoms with van der Waals surface area (Å²) in [5.74, 6) is 1.08. The zero-order valence-corrected chi connectivity index (χ0v) is 20.9. The fraction of sp³-hybridized carbons (Fsp3) is 0.680. The number of amidine groups is 1. The van der Waals surface area contributed by atoms with Gasteiger partial charge in [-0.05, 0) is 49.8 Å². The van der Waals surface area contributed by atoms with E-state index in [2.05, 4.69) is 36.2 Å². The smallest absolute Gasteiger partial charge is 0.226 e. The fourth-order valence-corrected chi connectivity index (χ4v) is 5.58. The minimum absolute atomic E-state index is 0. The second kappa shape index (κ2) is 14.1. The van der Waals surface area contributed by atoms with E-state index < -0.39 is 0 Å². The zero-order valence-electron chi connectivity index (χ0n) is 19.3. The van der Waals surface area contributed by atoms with Crippen LogP contribution in [0.3, 0.4) is 0 Å². The summed E-state index contributed by atoms with van der Waals surface area (Å²) in [5, 5.41) is 4.30. The summed E-state index contributed by atoms with van der Waals surface area (Å²) in [6.45, 7) is 5.46. The van der Waals surface area contributed by atoms with Crippen LogP contribution in [0.15, 0.2) is 29.3 Å². The minimum atomic E-state index is 0. The van der Waals surface area contributed by atoms with Crippen LogP contribution in [0.2, 0.25) is 0 Å². The summed E-state index contributed by atoms with van der Waals surface area (Å²) in [5.41, 5.74) is 2.25. The van der Waals surface area contributed by atoms with E-state index >= 15 is 0 Å². The average Bonchev–Trinajstić information content (AvgIpc) is 3.13. The standard InChI is InChI=1S/C25H39N3OS.ClH/c1-3-5-10-20-13-15-22(16-14-20)26-24(29)18-23-19-30-25(28(23)17-6-4-2)27-21-11-8-7-9-12-21;/h13-16,21,23H,3-12,17-19H2,1-2H3,(H,26,29);1H/b27-25-;. The zero-order chi connectivity index (χ0) is 21.2. The van der Waals surface area contributed by atoms with E-state index in [1.54, 1.807) is 0 Å². The molecular formula is C25H40ClN3OS. The number of anilines is 1. The summed E-state index contributed by atoms with van der Waals surface area (Å²) in [6.07, 6.45) is 12.8. The first-order valence-corrected chi connectivity index (χ1v) is 13.0. The van der Waals surface area contributed by atoms with E-state index in [1.165, 1.54) is 62.1 Å². The van der Waals surface area contributed by atoms with Crippen molar-refractivity contribution in [2.24, 2.45) is 4.99 Å². The quantitative estimate of drug-likeness (QED) is 0.418. The van der Waals surface area contributed by atoms with Gasteiger partial charge in [-0.25, -0.2) is 0 Å². The molecule has 1 aromatic rings. The van der Waals surface area contributed by atoms with E-state index in [0.29, 0.717) is 12.5 Å². The van der Waals surface area contributed by atoms with Crippen LogP contribution in [0.1, 0.15) is 83.6 Å². The SMILES string of the molecule is CCCCc1ccc(NC(=O)CC2CS/C(=N\C3CCCCC3)N2CCCC)cc1.Cl. The van der Waals surface area contributed by atoms with Crippen LogP contribution in [0.5, 0.6) is 0 Å². The number of halogens is 1. The van der Waals surface area contributed by atoms with Gasteiger partial charge < -0.3 is 10.2 Å². The number of carbonyl (C=O) groups is 1. The number of carbonyl (C=O) groups excluding carboxylic acids is 1. The molecule has 1 aliphatic heterocycles. The van der Waals surface area contributed by atoms with Crippen LogP contribution >= 0.6 is 24.2 Å². The molecule has 1 heterocycles. The van der Waals surface area contributed by atoms with Crippen LogP contribution in [-0.4, -0.2) is 40.4 Å². The van der Waals surface area contributed by atoms with Gasteiger partial charge in [-0.15, -0.1) is 12.4 Å². The van der Waals surface area contributed by atoms with E-state index in [9.17, 15) is 4.79 Å². The highest BCUT2D eigenvalue weighted by molar-refractivity contribution is 8.14. The Kier molecular flexibility index (Phi) is 11.8. The van der Waals surface area contributed by atoms with E-state index in [1.807, 2.05) is 23.9 Å². The molecule has 0 spiro atoms. The molecule has 1 atom stereocenters. The second-order valence-electron chi connectivity index (χ2n) is 8.77. The normalized spacial score (nSPS) is 20.6. The van der Waals surface area contributed by atoms with Crippen LogP contribution in [0, 0.1) is 0 Å².